The van der Waals surface area contributed by atoms with E-state index in [0.29, 0.717) is 5.56 Å². The van der Waals surface area contributed by atoms with Crippen molar-refractivity contribution >= 4 is 5.95 Å². The first-order chi connectivity index (χ1) is 13.1. The molecule has 7 heteroatoms. The number of benzene rings is 2. The van der Waals surface area contributed by atoms with Crippen LogP contribution < -0.4 is 5.32 Å². The molecule has 0 saturated heterocycles. The molecular formula is C21H19F4N3. The quantitative estimate of drug-likeness (QED) is 0.544. The Labute approximate surface area is 160 Å². The van der Waals surface area contributed by atoms with Gasteiger partial charge < -0.3 is 5.32 Å². The monoisotopic (exact) mass is 389 g/mol. The molecule has 28 heavy (non-hydrogen) atoms. The van der Waals surface area contributed by atoms with Crippen LogP contribution in [0.2, 0.25) is 0 Å². The van der Waals surface area contributed by atoms with Crippen molar-refractivity contribution in [2.24, 2.45) is 0 Å². The Morgan fingerprint density at radius 2 is 1.46 bits per heavy atom. The van der Waals surface area contributed by atoms with Crippen molar-refractivity contribution < 1.29 is 17.6 Å². The highest BCUT2D eigenvalue weighted by molar-refractivity contribution is 5.75. The zero-order valence-corrected chi connectivity index (χ0v) is 15.6. The summed E-state index contributed by atoms with van der Waals surface area (Å²) in [7, 11) is 0. The van der Waals surface area contributed by atoms with Gasteiger partial charge in [0, 0.05) is 28.4 Å². The van der Waals surface area contributed by atoms with Crippen molar-refractivity contribution in [2.75, 3.05) is 5.32 Å². The van der Waals surface area contributed by atoms with Crippen LogP contribution in [0.15, 0.2) is 54.7 Å². The topological polar surface area (TPSA) is 37.8 Å². The summed E-state index contributed by atoms with van der Waals surface area (Å²) in [5, 5.41) is 2.81. The predicted octanol–water partition coefficient (Wildman–Crippen LogP) is 6.18. The van der Waals surface area contributed by atoms with Crippen molar-refractivity contribution in [3.05, 3.63) is 66.2 Å². The van der Waals surface area contributed by atoms with Gasteiger partial charge in [-0.25, -0.2) is 14.4 Å². The highest BCUT2D eigenvalue weighted by Gasteiger charge is 2.37. The lowest BCUT2D eigenvalue weighted by molar-refractivity contribution is -0.140. The second-order valence-electron chi connectivity index (χ2n) is 7.36. The van der Waals surface area contributed by atoms with Gasteiger partial charge in [0.1, 0.15) is 5.82 Å². The molecule has 0 aliphatic rings. The molecule has 0 radical (unpaired) electrons. The first-order valence-electron chi connectivity index (χ1n) is 8.63. The molecule has 0 spiro atoms. The predicted molar refractivity (Wildman–Crippen MR) is 101 cm³/mol. The second kappa shape index (κ2) is 7.22. The van der Waals surface area contributed by atoms with Crippen molar-refractivity contribution in [2.45, 2.75) is 32.5 Å². The highest BCUT2D eigenvalue weighted by atomic mass is 19.4. The van der Waals surface area contributed by atoms with E-state index < -0.39 is 28.8 Å². The third-order valence-electron chi connectivity index (χ3n) is 3.92. The molecule has 0 aliphatic heterocycles. The van der Waals surface area contributed by atoms with Crippen molar-refractivity contribution in [3.8, 4) is 22.3 Å². The third-order valence-corrected chi connectivity index (χ3v) is 3.92. The molecule has 0 atom stereocenters. The highest BCUT2D eigenvalue weighted by Crippen LogP contribution is 2.39. The molecule has 0 saturated carbocycles. The van der Waals surface area contributed by atoms with E-state index in [0.717, 1.165) is 6.20 Å². The molecular weight excluding hydrogens is 370 g/mol. The van der Waals surface area contributed by atoms with Gasteiger partial charge in [-0.3, -0.25) is 0 Å². The van der Waals surface area contributed by atoms with E-state index in [1.165, 1.54) is 18.2 Å². The van der Waals surface area contributed by atoms with Crippen LogP contribution in [0.3, 0.4) is 0 Å². The molecule has 146 valence electrons. The number of hydrogen-bond acceptors (Lipinski definition) is 3. The van der Waals surface area contributed by atoms with Crippen LogP contribution in [0.25, 0.3) is 22.3 Å². The number of hydrogen-bond donors (Lipinski definition) is 1. The van der Waals surface area contributed by atoms with E-state index in [4.69, 9.17) is 0 Å². The smallest absolute Gasteiger partial charge is 0.350 e. The second-order valence-corrected chi connectivity index (χ2v) is 7.36. The van der Waals surface area contributed by atoms with Gasteiger partial charge in [0.25, 0.3) is 0 Å². The summed E-state index contributed by atoms with van der Waals surface area (Å²) in [6, 6.07) is 13.0. The molecule has 1 N–H and O–H groups in total. The van der Waals surface area contributed by atoms with Gasteiger partial charge in [0.2, 0.25) is 5.95 Å². The summed E-state index contributed by atoms with van der Waals surface area (Å²) in [6.45, 7) is 5.33. The fraction of sp³-hybridized carbons (Fsp3) is 0.238. The van der Waals surface area contributed by atoms with Gasteiger partial charge in [-0.05, 0) is 26.3 Å². The fourth-order valence-electron chi connectivity index (χ4n) is 2.77. The Morgan fingerprint density at radius 3 is 2.07 bits per heavy atom. The van der Waals surface area contributed by atoms with Gasteiger partial charge in [-0.2, -0.15) is 13.2 Å². The maximum Gasteiger partial charge on any atom is 0.434 e. The van der Waals surface area contributed by atoms with Gasteiger partial charge in [-0.1, -0.05) is 48.5 Å². The summed E-state index contributed by atoms with van der Waals surface area (Å²) in [6.07, 6.45) is -3.75. The van der Waals surface area contributed by atoms with Crippen LogP contribution in [-0.4, -0.2) is 15.5 Å². The summed E-state index contributed by atoms with van der Waals surface area (Å²) in [5.74, 6) is -0.914. The minimum atomic E-state index is -4.76. The summed E-state index contributed by atoms with van der Waals surface area (Å²) < 4.78 is 56.1. The zero-order valence-electron chi connectivity index (χ0n) is 15.6. The Hall–Kier alpha value is -2.96. The van der Waals surface area contributed by atoms with Crippen molar-refractivity contribution in [3.63, 3.8) is 0 Å². The molecule has 1 aromatic heterocycles. The maximum absolute atomic E-state index is 15.1. The van der Waals surface area contributed by atoms with Crippen LogP contribution in [0.1, 0.15) is 26.5 Å². The third kappa shape index (κ3) is 4.30. The lowest BCUT2D eigenvalue weighted by atomic mass is 9.97. The van der Waals surface area contributed by atoms with Gasteiger partial charge in [0.15, 0.2) is 5.69 Å². The Kier molecular flexibility index (Phi) is 5.10. The van der Waals surface area contributed by atoms with Crippen molar-refractivity contribution in [1.29, 1.82) is 0 Å². The molecule has 0 aliphatic carbocycles. The molecule has 2 aromatic carbocycles. The molecule has 0 amide bonds. The van der Waals surface area contributed by atoms with Gasteiger partial charge in [0.05, 0.1) is 0 Å². The first kappa shape index (κ1) is 19.8. The van der Waals surface area contributed by atoms with Gasteiger partial charge in [-0.15, -0.1) is 0 Å². The van der Waals surface area contributed by atoms with Gasteiger partial charge >= 0.3 is 6.18 Å². The molecule has 3 rings (SSSR count). The number of nitrogens with one attached hydrogen (secondary N) is 1. The molecule has 1 heterocycles. The number of anilines is 1. The van der Waals surface area contributed by atoms with Crippen LogP contribution in [0.4, 0.5) is 23.5 Å². The summed E-state index contributed by atoms with van der Waals surface area (Å²) in [5.41, 5.74) is -1.52. The number of aromatic nitrogens is 2. The Balaban J connectivity index is 2.16. The van der Waals surface area contributed by atoms with E-state index in [-0.39, 0.29) is 17.1 Å². The largest absolute Gasteiger partial charge is 0.434 e. The van der Waals surface area contributed by atoms with E-state index in [1.807, 2.05) is 0 Å². The van der Waals surface area contributed by atoms with Crippen LogP contribution in [0.5, 0.6) is 0 Å². The average Bonchev–Trinajstić information content (AvgIpc) is 2.61. The normalized spacial score (nSPS) is 12.1. The van der Waals surface area contributed by atoms with Crippen molar-refractivity contribution in [1.82, 2.24) is 9.97 Å². The molecule has 0 bridgehead atoms. The average molecular weight is 389 g/mol. The molecule has 3 aromatic rings. The lowest BCUT2D eigenvalue weighted by Crippen LogP contribution is -2.28. The standard InChI is InChI=1S/C21H19F4N3/c1-20(2,3)28-19-26-12-16(18(27-19)21(23,24)25)15-11-7-10-14(17(15)22)13-8-5-4-6-9-13/h4-12H,1-3H3,(H,26,27,28). The van der Waals surface area contributed by atoms with Crippen LogP contribution >= 0.6 is 0 Å². The lowest BCUT2D eigenvalue weighted by Gasteiger charge is -2.22. The van der Waals surface area contributed by atoms with Crippen LogP contribution in [-0.2, 0) is 6.18 Å². The minimum Gasteiger partial charge on any atom is -0.350 e. The molecule has 0 fully saturated rings. The number of halogens is 4. The molecule has 0 unspecified atom stereocenters. The van der Waals surface area contributed by atoms with Crippen LogP contribution in [0, 0.1) is 5.82 Å². The summed E-state index contributed by atoms with van der Waals surface area (Å²) >= 11 is 0. The zero-order chi connectivity index (χ0) is 20.5. The summed E-state index contributed by atoms with van der Waals surface area (Å²) in [4.78, 5) is 7.60. The Bertz CT molecular complexity index is 977. The SMILES string of the molecule is CC(C)(C)Nc1ncc(-c2cccc(-c3ccccc3)c2F)c(C(F)(F)F)n1. The number of nitrogens with zero attached hydrogens (tertiary/aromatic N) is 2. The molecule has 3 nitrogen and oxygen atoms in total. The number of rotatable bonds is 3. The minimum absolute atomic E-state index is 0.164. The van der Waals surface area contributed by atoms with E-state index in [1.54, 1.807) is 51.1 Å². The van der Waals surface area contributed by atoms with E-state index >= 15 is 4.39 Å². The van der Waals surface area contributed by atoms with E-state index in [2.05, 4.69) is 15.3 Å². The first-order valence-corrected chi connectivity index (χ1v) is 8.63. The Morgan fingerprint density at radius 1 is 0.821 bits per heavy atom. The maximum atomic E-state index is 15.1. The number of alkyl halides is 3. The fourth-order valence-corrected chi connectivity index (χ4v) is 2.77. The van der Waals surface area contributed by atoms with E-state index in [9.17, 15) is 13.2 Å².